The van der Waals surface area contributed by atoms with Crippen LogP contribution in [0.3, 0.4) is 0 Å². The van der Waals surface area contributed by atoms with Crippen molar-refractivity contribution in [2.75, 3.05) is 5.38 Å². The molecule has 0 saturated heterocycles. The van der Waals surface area contributed by atoms with E-state index in [0.29, 0.717) is 22.3 Å². The molecule has 0 aromatic heterocycles. The van der Waals surface area contributed by atoms with Gasteiger partial charge < -0.3 is 0 Å². The number of amides is 4. The van der Waals surface area contributed by atoms with Crippen LogP contribution in [0.2, 0.25) is 43.3 Å². The minimum atomic E-state index is -1.16. The number of carbonyl (C=O) groups excluding carboxylic acids is 4. The number of thiol groups is 1. The van der Waals surface area contributed by atoms with Crippen molar-refractivity contribution in [3.63, 3.8) is 0 Å². The van der Waals surface area contributed by atoms with Gasteiger partial charge in [0, 0.05) is 0 Å². The van der Waals surface area contributed by atoms with E-state index < -0.39 is 37.6 Å². The number of hydrogen-bond donors (Lipinski definition) is 2. The van der Waals surface area contributed by atoms with E-state index >= 15 is 0 Å². The largest absolute Gasteiger partial charge is 0.288 e. The molecule has 0 spiro atoms. The number of imide groups is 2. The third-order valence-corrected chi connectivity index (χ3v) is 22.2. The SMILES string of the molecule is C[Si](C)(C)CS.C[Si](C)(C)[CH2][Sn][N]1C(=O)c2ccccc2C1=O.O=C1NC(=O)c2ccccc21. The summed E-state index contributed by atoms with van der Waals surface area (Å²) in [6, 6.07) is 13.9. The zero-order valence-electron chi connectivity index (χ0n) is 20.6. The number of nitrogens with zero attached hydrogens (tertiary/aromatic N) is 1. The van der Waals surface area contributed by atoms with Crippen LogP contribution in [0.4, 0.5) is 0 Å². The van der Waals surface area contributed by atoms with Gasteiger partial charge in [-0.15, -0.1) is 0 Å². The molecule has 10 heteroatoms. The normalized spacial score (nSPS) is 14.5. The van der Waals surface area contributed by atoms with Crippen molar-refractivity contribution in [3.05, 3.63) is 70.8 Å². The van der Waals surface area contributed by atoms with Crippen LogP contribution in [0.1, 0.15) is 41.4 Å². The summed E-state index contributed by atoms with van der Waals surface area (Å²) < 4.78 is 2.69. The molecule has 2 aromatic rings. The monoisotopic (exact) mass is 620 g/mol. The van der Waals surface area contributed by atoms with Crippen molar-refractivity contribution in [1.29, 1.82) is 0 Å². The standard InChI is InChI=1S/2C8H5NO2.C4H12SSi.C4H11Si.Sn/c2*10-7-5-3-1-2-4-6(5)8(11)9-7;1-6(2,3)4-5;1-5(2,3)4;/h2*1-4H,(H,9,10,11);5H,4H2,1-3H3;1H2,2-4H3;/q;;;;+1/p-1. The molecule has 0 fully saturated rings. The minimum absolute atomic E-state index is 0.0598. The smallest absolute Gasteiger partial charge is 0.258 e. The number of rotatable bonds is 4. The number of benzene rings is 2. The Morgan fingerprint density at radius 1 is 0.706 bits per heavy atom. The summed E-state index contributed by atoms with van der Waals surface area (Å²) in [4.78, 5) is 46.1. The van der Waals surface area contributed by atoms with Crippen LogP contribution in [0, 0.1) is 0 Å². The topological polar surface area (TPSA) is 83.6 Å². The quantitative estimate of drug-likeness (QED) is 0.299. The molecule has 0 bridgehead atoms. The van der Waals surface area contributed by atoms with Crippen LogP contribution < -0.4 is 5.32 Å². The average molecular weight is 619 g/mol. The van der Waals surface area contributed by atoms with Gasteiger partial charge in [0.25, 0.3) is 11.8 Å². The van der Waals surface area contributed by atoms with Crippen molar-refractivity contribution in [3.8, 4) is 0 Å². The van der Waals surface area contributed by atoms with Crippen molar-refractivity contribution in [1.82, 2.24) is 8.44 Å². The van der Waals surface area contributed by atoms with E-state index in [2.05, 4.69) is 57.2 Å². The first-order chi connectivity index (χ1) is 15.7. The molecule has 34 heavy (non-hydrogen) atoms. The molecule has 180 valence electrons. The van der Waals surface area contributed by atoms with E-state index in [1.165, 1.54) is 0 Å². The Bertz CT molecular complexity index is 1030. The van der Waals surface area contributed by atoms with E-state index in [1.807, 2.05) is 12.1 Å². The van der Waals surface area contributed by atoms with Gasteiger partial charge in [0.05, 0.1) is 19.2 Å². The molecule has 2 aromatic carbocycles. The number of nitrogens with one attached hydrogen (secondary N) is 1. The van der Waals surface area contributed by atoms with E-state index in [9.17, 15) is 19.2 Å². The summed E-state index contributed by atoms with van der Waals surface area (Å²) in [6.45, 7) is 13.8. The van der Waals surface area contributed by atoms with E-state index in [1.54, 1.807) is 39.5 Å². The summed E-state index contributed by atoms with van der Waals surface area (Å²) in [5, 5.41) is 3.31. The van der Waals surface area contributed by atoms with Crippen LogP contribution in [0.15, 0.2) is 48.5 Å². The zero-order valence-corrected chi connectivity index (χ0v) is 26.3. The molecule has 1 N–H and O–H groups in total. The Balaban J connectivity index is 0.000000205. The molecule has 0 unspecified atom stereocenters. The number of fused-ring (bicyclic) bond motifs is 2. The predicted molar refractivity (Wildman–Crippen MR) is 146 cm³/mol. The van der Waals surface area contributed by atoms with Crippen molar-refractivity contribution < 1.29 is 19.2 Å². The average Bonchev–Trinajstić information content (AvgIpc) is 3.20. The molecule has 0 atom stereocenters. The molecular weight excluding hydrogens is 587 g/mol. The molecule has 2 aliphatic heterocycles. The maximum absolute atomic E-state index is 12.1. The molecule has 4 rings (SSSR count). The third kappa shape index (κ3) is 7.92. The molecule has 0 aliphatic carbocycles. The first kappa shape index (κ1) is 28.5. The van der Waals surface area contributed by atoms with E-state index in [4.69, 9.17) is 0 Å². The molecule has 0 saturated carbocycles. The zero-order chi connectivity index (χ0) is 25.7. The Kier molecular flexibility index (Phi) is 9.93. The van der Waals surface area contributed by atoms with Crippen LogP contribution >= 0.6 is 12.6 Å². The number of hydrogen-bond acceptors (Lipinski definition) is 5. The second kappa shape index (κ2) is 11.8. The van der Waals surface area contributed by atoms with Gasteiger partial charge in [0.15, 0.2) is 0 Å². The summed E-state index contributed by atoms with van der Waals surface area (Å²) in [6.07, 6.45) is 0. The van der Waals surface area contributed by atoms with Gasteiger partial charge in [-0.05, 0) is 17.5 Å². The van der Waals surface area contributed by atoms with Gasteiger partial charge >= 0.3 is 113 Å². The minimum Gasteiger partial charge on any atom is -0.288 e. The Morgan fingerprint density at radius 2 is 1.06 bits per heavy atom. The fourth-order valence-electron chi connectivity index (χ4n) is 2.77. The maximum atomic E-state index is 12.1. The fraction of sp³-hybridized carbons (Fsp3) is 0.333. The molecule has 2 heterocycles. The van der Waals surface area contributed by atoms with Crippen LogP contribution in [0.25, 0.3) is 0 Å². The summed E-state index contributed by atoms with van der Waals surface area (Å²) in [5.41, 5.74) is 2.12. The molecule has 2 radical (unpaired) electrons. The van der Waals surface area contributed by atoms with Crippen LogP contribution in [-0.4, -0.2) is 69.7 Å². The van der Waals surface area contributed by atoms with Crippen molar-refractivity contribution in [2.24, 2.45) is 0 Å². The van der Waals surface area contributed by atoms with E-state index in [-0.39, 0.29) is 23.6 Å². The van der Waals surface area contributed by atoms with Crippen molar-refractivity contribution in [2.45, 2.75) is 43.3 Å². The van der Waals surface area contributed by atoms with Crippen LogP contribution in [0.5, 0.6) is 0 Å². The van der Waals surface area contributed by atoms with E-state index in [0.717, 1.165) is 9.44 Å². The second-order valence-electron chi connectivity index (χ2n) is 10.4. The molecule has 2 aliphatic rings. The van der Waals surface area contributed by atoms with Gasteiger partial charge in [-0.2, -0.15) is 12.6 Å². The maximum Gasteiger partial charge on any atom is 0.258 e. The molecular formula is C24H32N2O4SSi2Sn. The van der Waals surface area contributed by atoms with Crippen LogP contribution in [-0.2, 0) is 0 Å². The first-order valence-electron chi connectivity index (χ1n) is 11.0. The number of carbonyl (C=O) groups is 4. The summed E-state index contributed by atoms with van der Waals surface area (Å²) in [5.74, 6) is -0.720. The van der Waals surface area contributed by atoms with Gasteiger partial charge in [0.1, 0.15) is 0 Å². The van der Waals surface area contributed by atoms with Gasteiger partial charge in [-0.1, -0.05) is 31.8 Å². The van der Waals surface area contributed by atoms with Gasteiger partial charge in [-0.25, -0.2) is 0 Å². The molecule has 6 nitrogen and oxygen atoms in total. The first-order valence-corrected chi connectivity index (χ1v) is 22.4. The van der Waals surface area contributed by atoms with Crippen molar-refractivity contribution >= 4 is 73.8 Å². The predicted octanol–water partition coefficient (Wildman–Crippen LogP) is 4.56. The summed E-state index contributed by atoms with van der Waals surface area (Å²) in [7, 11) is -1.92. The Morgan fingerprint density at radius 3 is 1.38 bits per heavy atom. The third-order valence-electron chi connectivity index (χ3n) is 4.68. The Labute approximate surface area is 219 Å². The molecule has 4 amide bonds. The van der Waals surface area contributed by atoms with Gasteiger partial charge in [0.2, 0.25) is 0 Å². The summed E-state index contributed by atoms with van der Waals surface area (Å²) >= 11 is 3.08. The Hall–Kier alpha value is -1.70. The second-order valence-corrected chi connectivity index (χ2v) is 27.5. The van der Waals surface area contributed by atoms with Gasteiger partial charge in [-0.3, -0.25) is 14.9 Å². The fourth-order valence-corrected chi connectivity index (χ4v) is 10.3.